The van der Waals surface area contributed by atoms with Gasteiger partial charge < -0.3 is 9.80 Å². The van der Waals surface area contributed by atoms with Crippen LogP contribution in [-0.2, 0) is 17.6 Å². The molecule has 0 unspecified atom stereocenters. The molecule has 1 aliphatic carbocycles. The van der Waals surface area contributed by atoms with Gasteiger partial charge >= 0.3 is 0 Å². The van der Waals surface area contributed by atoms with Crippen molar-refractivity contribution < 1.29 is 9.59 Å². The Morgan fingerprint density at radius 3 is 2.38 bits per heavy atom. The second kappa shape index (κ2) is 7.94. The molecule has 3 heterocycles. The number of likely N-dealkylation sites (tertiary alicyclic amines) is 2. The Morgan fingerprint density at radius 1 is 0.862 bits per heavy atom. The molecule has 152 valence electrons. The maximum Gasteiger partial charge on any atom is 0.263 e. The number of carbonyl (C=O) groups is 2. The minimum absolute atomic E-state index is 0.0977. The molecule has 2 aliphatic heterocycles. The predicted molar refractivity (Wildman–Crippen MR) is 116 cm³/mol. The van der Waals surface area contributed by atoms with Gasteiger partial charge in [0.15, 0.2) is 0 Å². The molecule has 0 atom stereocenters. The Hall–Kier alpha value is -2.14. The van der Waals surface area contributed by atoms with E-state index in [0.29, 0.717) is 19.0 Å². The van der Waals surface area contributed by atoms with Crippen LogP contribution >= 0.6 is 11.3 Å². The lowest BCUT2D eigenvalue weighted by molar-refractivity contribution is -0.137. The van der Waals surface area contributed by atoms with Crippen LogP contribution < -0.4 is 0 Å². The molecule has 0 bridgehead atoms. The molecule has 2 aromatic rings. The van der Waals surface area contributed by atoms with E-state index >= 15 is 0 Å². The third kappa shape index (κ3) is 3.61. The molecule has 0 saturated carbocycles. The molecule has 29 heavy (non-hydrogen) atoms. The van der Waals surface area contributed by atoms with Crippen LogP contribution in [0.3, 0.4) is 0 Å². The van der Waals surface area contributed by atoms with Crippen LogP contribution in [0.5, 0.6) is 0 Å². The molecule has 5 heteroatoms. The molecule has 1 aromatic carbocycles. The van der Waals surface area contributed by atoms with Gasteiger partial charge in [-0.05, 0) is 67.7 Å². The number of benzene rings is 1. The van der Waals surface area contributed by atoms with Gasteiger partial charge in [0.1, 0.15) is 0 Å². The van der Waals surface area contributed by atoms with Crippen LogP contribution in [0.15, 0.2) is 30.3 Å². The van der Waals surface area contributed by atoms with Crippen molar-refractivity contribution in [1.29, 1.82) is 0 Å². The van der Waals surface area contributed by atoms with Gasteiger partial charge in [-0.3, -0.25) is 9.59 Å². The Morgan fingerprint density at radius 2 is 1.59 bits per heavy atom. The molecule has 0 N–H and O–H groups in total. The highest BCUT2D eigenvalue weighted by atomic mass is 32.1. The molecule has 5 rings (SSSR count). The Kier molecular flexibility index (Phi) is 5.17. The third-order valence-corrected chi connectivity index (χ3v) is 7.94. The molecule has 1 aromatic heterocycles. The van der Waals surface area contributed by atoms with E-state index in [1.54, 1.807) is 11.3 Å². The molecular formula is C24H28N2O2S. The fourth-order valence-corrected chi connectivity index (χ4v) is 6.27. The number of piperidine rings is 2. The number of rotatable bonds is 2. The first-order valence-electron chi connectivity index (χ1n) is 11.0. The second-order valence-electron chi connectivity index (χ2n) is 8.57. The van der Waals surface area contributed by atoms with E-state index in [2.05, 4.69) is 35.2 Å². The van der Waals surface area contributed by atoms with E-state index in [9.17, 15) is 9.59 Å². The fraction of sp³-hybridized carbons (Fsp3) is 0.500. The van der Waals surface area contributed by atoms with E-state index in [4.69, 9.17) is 0 Å². The average Bonchev–Trinajstić information content (AvgIpc) is 3.24. The number of hydrogen-bond acceptors (Lipinski definition) is 3. The lowest BCUT2D eigenvalue weighted by Gasteiger charge is -2.35. The zero-order chi connectivity index (χ0) is 19.8. The van der Waals surface area contributed by atoms with Crippen molar-refractivity contribution in [2.24, 2.45) is 5.92 Å². The summed E-state index contributed by atoms with van der Waals surface area (Å²) in [5.74, 6) is 0.561. The third-order valence-electron chi connectivity index (χ3n) is 6.74. The van der Waals surface area contributed by atoms with Gasteiger partial charge in [0, 0.05) is 37.0 Å². The van der Waals surface area contributed by atoms with Crippen LogP contribution in [0.4, 0.5) is 0 Å². The summed E-state index contributed by atoms with van der Waals surface area (Å²) >= 11 is 1.64. The van der Waals surface area contributed by atoms with Crippen LogP contribution in [0.1, 0.15) is 52.9 Å². The summed E-state index contributed by atoms with van der Waals surface area (Å²) in [6, 6.07) is 10.7. The van der Waals surface area contributed by atoms with Gasteiger partial charge in [-0.1, -0.05) is 24.3 Å². The molecule has 0 spiro atoms. The van der Waals surface area contributed by atoms with Crippen molar-refractivity contribution in [1.82, 2.24) is 9.80 Å². The minimum Gasteiger partial charge on any atom is -0.342 e. The smallest absolute Gasteiger partial charge is 0.263 e. The normalized spacial score (nSPS) is 19.6. The highest BCUT2D eigenvalue weighted by molar-refractivity contribution is 7.17. The monoisotopic (exact) mass is 408 g/mol. The molecule has 4 nitrogen and oxygen atoms in total. The SMILES string of the molecule is O=C(c1cc2c(s1)-c1ccccc1CC2)N1CCC(C(=O)N2CCCCC2)CC1. The summed E-state index contributed by atoms with van der Waals surface area (Å²) in [4.78, 5) is 32.1. The van der Waals surface area contributed by atoms with Gasteiger partial charge in [-0.25, -0.2) is 0 Å². The van der Waals surface area contributed by atoms with Gasteiger partial charge in [0.25, 0.3) is 5.91 Å². The molecule has 0 radical (unpaired) electrons. The summed E-state index contributed by atoms with van der Waals surface area (Å²) in [5.41, 5.74) is 3.99. The lowest BCUT2D eigenvalue weighted by Crippen LogP contribution is -2.45. The first kappa shape index (κ1) is 18.9. The first-order chi connectivity index (χ1) is 14.2. The van der Waals surface area contributed by atoms with Gasteiger partial charge in [0.05, 0.1) is 4.88 Å². The fourth-order valence-electron chi connectivity index (χ4n) is 5.03. The largest absolute Gasteiger partial charge is 0.342 e. The molecule has 2 fully saturated rings. The van der Waals surface area contributed by atoms with E-state index in [-0.39, 0.29) is 11.8 Å². The van der Waals surface area contributed by atoms with Crippen LogP contribution in [0, 0.1) is 5.92 Å². The topological polar surface area (TPSA) is 40.6 Å². The van der Waals surface area contributed by atoms with Crippen molar-refractivity contribution in [2.45, 2.75) is 44.9 Å². The number of nitrogens with zero attached hydrogens (tertiary/aromatic N) is 2. The van der Waals surface area contributed by atoms with Crippen LogP contribution in [-0.4, -0.2) is 47.8 Å². The Labute approximate surface area is 176 Å². The number of carbonyl (C=O) groups excluding carboxylic acids is 2. The van der Waals surface area contributed by atoms with E-state index < -0.39 is 0 Å². The molecule has 3 aliphatic rings. The first-order valence-corrected chi connectivity index (χ1v) is 11.8. The zero-order valence-electron chi connectivity index (χ0n) is 16.9. The van der Waals surface area contributed by atoms with E-state index in [1.165, 1.54) is 28.0 Å². The number of aryl methyl sites for hydroxylation is 2. The van der Waals surface area contributed by atoms with Crippen molar-refractivity contribution in [3.8, 4) is 10.4 Å². The summed E-state index contributed by atoms with van der Waals surface area (Å²) in [6.45, 7) is 3.23. The van der Waals surface area contributed by atoms with Crippen molar-refractivity contribution in [3.05, 3.63) is 46.3 Å². The van der Waals surface area contributed by atoms with Crippen molar-refractivity contribution in [2.75, 3.05) is 26.2 Å². The second-order valence-corrected chi connectivity index (χ2v) is 9.63. The van der Waals surface area contributed by atoms with Crippen LogP contribution in [0.2, 0.25) is 0 Å². The summed E-state index contributed by atoms with van der Waals surface area (Å²) < 4.78 is 0. The lowest BCUT2D eigenvalue weighted by atomic mass is 9.91. The summed E-state index contributed by atoms with van der Waals surface area (Å²) in [6.07, 6.45) is 7.18. The Balaban J connectivity index is 1.25. The quantitative estimate of drug-likeness (QED) is 0.740. The number of amides is 2. The maximum absolute atomic E-state index is 13.1. The zero-order valence-corrected chi connectivity index (χ0v) is 17.7. The predicted octanol–water partition coefficient (Wildman–Crippen LogP) is 4.38. The molecular weight excluding hydrogens is 380 g/mol. The highest BCUT2D eigenvalue weighted by Gasteiger charge is 2.32. The number of fused-ring (bicyclic) bond motifs is 3. The number of thiophene rings is 1. The van der Waals surface area contributed by atoms with Gasteiger partial charge in [-0.15, -0.1) is 11.3 Å². The molecule has 2 amide bonds. The summed E-state index contributed by atoms with van der Waals surface area (Å²) in [5, 5.41) is 0. The average molecular weight is 409 g/mol. The highest BCUT2D eigenvalue weighted by Crippen LogP contribution is 2.40. The molecule has 2 saturated heterocycles. The Bertz CT molecular complexity index is 921. The van der Waals surface area contributed by atoms with Crippen molar-refractivity contribution in [3.63, 3.8) is 0 Å². The maximum atomic E-state index is 13.1. The van der Waals surface area contributed by atoms with Gasteiger partial charge in [0.2, 0.25) is 5.91 Å². The van der Waals surface area contributed by atoms with E-state index in [1.807, 2.05) is 4.90 Å². The van der Waals surface area contributed by atoms with Crippen molar-refractivity contribution >= 4 is 23.2 Å². The van der Waals surface area contributed by atoms with Gasteiger partial charge in [-0.2, -0.15) is 0 Å². The number of hydrogen-bond donors (Lipinski definition) is 0. The standard InChI is InChI=1S/C24H28N2O2S/c27-23(25-12-4-1-5-13-25)18-10-14-26(15-11-18)24(28)21-16-19-9-8-17-6-2-3-7-20(17)22(19)29-21/h2-3,6-7,16,18H,1,4-5,8-15H2. The summed E-state index contributed by atoms with van der Waals surface area (Å²) in [7, 11) is 0. The van der Waals surface area contributed by atoms with Crippen LogP contribution in [0.25, 0.3) is 10.4 Å². The minimum atomic E-state index is 0.0977. The van der Waals surface area contributed by atoms with E-state index in [0.717, 1.165) is 56.5 Å².